The van der Waals surface area contributed by atoms with Crippen LogP contribution in [-0.2, 0) is 0 Å². The molecular formula is C16H20F2N2O. The number of halogens is 2. The van der Waals surface area contributed by atoms with Gasteiger partial charge in [-0.05, 0) is 43.1 Å². The monoisotopic (exact) mass is 294 g/mol. The first kappa shape index (κ1) is 14.3. The summed E-state index contributed by atoms with van der Waals surface area (Å²) in [7, 11) is 1.67. The van der Waals surface area contributed by atoms with Crippen molar-refractivity contribution >= 4 is 11.6 Å². The van der Waals surface area contributed by atoms with E-state index in [1.165, 1.54) is 19.3 Å². The number of hydrogen-bond donors (Lipinski definition) is 1. The molecule has 1 aromatic rings. The Labute approximate surface area is 123 Å². The second-order valence-electron chi connectivity index (χ2n) is 6.47. The van der Waals surface area contributed by atoms with E-state index in [1.807, 2.05) is 0 Å². The van der Waals surface area contributed by atoms with Crippen molar-refractivity contribution < 1.29 is 13.6 Å². The van der Waals surface area contributed by atoms with Gasteiger partial charge in [0, 0.05) is 19.7 Å². The summed E-state index contributed by atoms with van der Waals surface area (Å²) in [4.78, 5) is 13.9. The van der Waals surface area contributed by atoms with Crippen molar-refractivity contribution in [1.82, 2.24) is 4.90 Å². The Morgan fingerprint density at radius 3 is 2.67 bits per heavy atom. The number of anilines is 1. The number of hydrogen-bond acceptors (Lipinski definition) is 2. The number of benzene rings is 1. The zero-order chi connectivity index (χ0) is 15.1. The minimum atomic E-state index is -0.855. The molecule has 21 heavy (non-hydrogen) atoms. The Bertz CT molecular complexity index is 576. The number of fused-ring (bicyclic) bond motifs is 2. The fraction of sp³-hybridized carbons (Fsp3) is 0.562. The highest BCUT2D eigenvalue weighted by atomic mass is 19.1. The van der Waals surface area contributed by atoms with Gasteiger partial charge in [0.25, 0.3) is 5.91 Å². The SMILES string of the molecule is CN(CC1CC2CCC1C2)C(=O)c1cc(N)c(F)cc1F. The summed E-state index contributed by atoms with van der Waals surface area (Å²) >= 11 is 0. The maximum absolute atomic E-state index is 13.8. The first-order valence-electron chi connectivity index (χ1n) is 7.45. The second-order valence-corrected chi connectivity index (χ2v) is 6.47. The van der Waals surface area contributed by atoms with Crippen LogP contribution in [0.4, 0.5) is 14.5 Å². The van der Waals surface area contributed by atoms with E-state index in [4.69, 9.17) is 5.73 Å². The van der Waals surface area contributed by atoms with Crippen molar-refractivity contribution in [2.75, 3.05) is 19.3 Å². The predicted octanol–water partition coefficient (Wildman–Crippen LogP) is 3.06. The number of nitrogens with two attached hydrogens (primary N) is 1. The summed E-state index contributed by atoms with van der Waals surface area (Å²) in [5, 5.41) is 0. The number of amides is 1. The Morgan fingerprint density at radius 1 is 1.29 bits per heavy atom. The molecule has 2 aliphatic carbocycles. The molecule has 5 heteroatoms. The van der Waals surface area contributed by atoms with Crippen LogP contribution >= 0.6 is 0 Å². The van der Waals surface area contributed by atoms with Gasteiger partial charge in [-0.2, -0.15) is 0 Å². The van der Waals surface area contributed by atoms with Crippen LogP contribution in [-0.4, -0.2) is 24.4 Å². The van der Waals surface area contributed by atoms with Gasteiger partial charge in [0.2, 0.25) is 0 Å². The minimum absolute atomic E-state index is 0.153. The van der Waals surface area contributed by atoms with E-state index in [9.17, 15) is 13.6 Å². The van der Waals surface area contributed by atoms with Gasteiger partial charge in [0.15, 0.2) is 0 Å². The lowest BCUT2D eigenvalue weighted by Gasteiger charge is -2.27. The van der Waals surface area contributed by atoms with Crippen molar-refractivity contribution in [3.63, 3.8) is 0 Å². The van der Waals surface area contributed by atoms with Gasteiger partial charge in [0.05, 0.1) is 11.3 Å². The number of nitrogen functional groups attached to an aromatic ring is 1. The topological polar surface area (TPSA) is 46.3 Å². The van der Waals surface area contributed by atoms with E-state index in [0.29, 0.717) is 24.4 Å². The van der Waals surface area contributed by atoms with Gasteiger partial charge < -0.3 is 10.6 Å². The summed E-state index contributed by atoms with van der Waals surface area (Å²) in [6, 6.07) is 1.76. The van der Waals surface area contributed by atoms with Crippen molar-refractivity contribution in [3.05, 3.63) is 29.3 Å². The quantitative estimate of drug-likeness (QED) is 0.871. The third kappa shape index (κ3) is 2.61. The highest BCUT2D eigenvalue weighted by Crippen LogP contribution is 2.48. The van der Waals surface area contributed by atoms with Crippen LogP contribution in [0.3, 0.4) is 0 Å². The van der Waals surface area contributed by atoms with Gasteiger partial charge in [-0.25, -0.2) is 8.78 Å². The minimum Gasteiger partial charge on any atom is -0.396 e. The van der Waals surface area contributed by atoms with Gasteiger partial charge in [0.1, 0.15) is 11.6 Å². The fourth-order valence-corrected chi connectivity index (χ4v) is 3.97. The highest BCUT2D eigenvalue weighted by molar-refractivity contribution is 5.95. The second kappa shape index (κ2) is 5.28. The number of carbonyl (C=O) groups excluding carboxylic acids is 1. The average molecular weight is 294 g/mol. The number of carbonyl (C=O) groups is 1. The Kier molecular flexibility index (Phi) is 3.59. The van der Waals surface area contributed by atoms with Gasteiger partial charge in [-0.3, -0.25) is 4.79 Å². The van der Waals surface area contributed by atoms with Crippen molar-refractivity contribution in [1.29, 1.82) is 0 Å². The molecule has 0 aromatic heterocycles. The molecule has 0 spiro atoms. The zero-order valence-corrected chi connectivity index (χ0v) is 12.1. The summed E-state index contributed by atoms with van der Waals surface area (Å²) < 4.78 is 26.9. The molecule has 0 radical (unpaired) electrons. The molecule has 2 N–H and O–H groups in total. The van der Waals surface area contributed by atoms with Gasteiger partial charge >= 0.3 is 0 Å². The first-order valence-corrected chi connectivity index (χ1v) is 7.45. The van der Waals surface area contributed by atoms with Crippen LogP contribution in [0.2, 0.25) is 0 Å². The van der Waals surface area contributed by atoms with Crippen LogP contribution in [0.15, 0.2) is 12.1 Å². The molecule has 3 nitrogen and oxygen atoms in total. The first-order chi connectivity index (χ1) is 9.95. The summed E-state index contributed by atoms with van der Waals surface area (Å²) in [5.41, 5.74) is 5.07. The maximum atomic E-state index is 13.8. The molecule has 2 bridgehead atoms. The normalized spacial score (nSPS) is 27.1. The third-order valence-electron chi connectivity index (χ3n) is 5.06. The van der Waals surface area contributed by atoms with E-state index in [0.717, 1.165) is 18.4 Å². The molecule has 3 atom stereocenters. The molecule has 114 valence electrons. The van der Waals surface area contributed by atoms with E-state index in [2.05, 4.69) is 0 Å². The number of rotatable bonds is 3. The van der Waals surface area contributed by atoms with Crippen molar-refractivity contribution in [2.45, 2.75) is 25.7 Å². The smallest absolute Gasteiger partial charge is 0.256 e. The lowest BCUT2D eigenvalue weighted by Crippen LogP contribution is -2.34. The summed E-state index contributed by atoms with van der Waals surface area (Å²) in [5.74, 6) is -0.0954. The van der Waals surface area contributed by atoms with Crippen molar-refractivity contribution in [2.24, 2.45) is 17.8 Å². The van der Waals surface area contributed by atoms with E-state index in [1.54, 1.807) is 11.9 Å². The molecule has 3 unspecified atom stereocenters. The molecule has 0 heterocycles. The third-order valence-corrected chi connectivity index (χ3v) is 5.06. The lowest BCUT2D eigenvalue weighted by atomic mass is 9.88. The molecule has 1 amide bonds. The molecule has 2 aliphatic rings. The Hall–Kier alpha value is -1.65. The summed E-state index contributed by atoms with van der Waals surface area (Å²) in [6.07, 6.45) is 4.98. The Balaban J connectivity index is 1.71. The average Bonchev–Trinajstić information content (AvgIpc) is 3.04. The maximum Gasteiger partial charge on any atom is 0.256 e. The van der Waals surface area contributed by atoms with Crippen LogP contribution in [0.5, 0.6) is 0 Å². The molecule has 2 saturated carbocycles. The van der Waals surface area contributed by atoms with Crippen LogP contribution in [0, 0.1) is 29.4 Å². The van der Waals surface area contributed by atoms with Crippen LogP contribution in [0.1, 0.15) is 36.0 Å². The van der Waals surface area contributed by atoms with Crippen LogP contribution < -0.4 is 5.73 Å². The van der Waals surface area contributed by atoms with Gasteiger partial charge in [-0.15, -0.1) is 0 Å². The number of nitrogens with zero attached hydrogens (tertiary/aromatic N) is 1. The molecule has 0 aliphatic heterocycles. The van der Waals surface area contributed by atoms with E-state index < -0.39 is 17.5 Å². The van der Waals surface area contributed by atoms with Crippen molar-refractivity contribution in [3.8, 4) is 0 Å². The highest BCUT2D eigenvalue weighted by Gasteiger charge is 2.40. The molecule has 0 saturated heterocycles. The fourth-order valence-electron chi connectivity index (χ4n) is 3.97. The molecule has 3 rings (SSSR count). The Morgan fingerprint density at radius 2 is 2.05 bits per heavy atom. The van der Waals surface area contributed by atoms with Gasteiger partial charge in [-0.1, -0.05) is 6.42 Å². The van der Waals surface area contributed by atoms with E-state index >= 15 is 0 Å². The largest absolute Gasteiger partial charge is 0.396 e. The van der Waals surface area contributed by atoms with Crippen LogP contribution in [0.25, 0.3) is 0 Å². The molecule has 1 aromatic carbocycles. The molecule has 2 fully saturated rings. The zero-order valence-electron chi connectivity index (χ0n) is 12.1. The predicted molar refractivity (Wildman–Crippen MR) is 76.7 cm³/mol. The van der Waals surface area contributed by atoms with E-state index in [-0.39, 0.29) is 11.3 Å². The lowest BCUT2D eigenvalue weighted by molar-refractivity contribution is 0.0749. The summed E-state index contributed by atoms with van der Waals surface area (Å²) in [6.45, 7) is 0.636. The molecular weight excluding hydrogens is 274 g/mol. The standard InChI is InChI=1S/C16H20F2N2O/c1-20(8-11-5-9-2-3-10(11)4-9)16(21)12-6-15(19)14(18)7-13(12)17/h6-7,9-11H,2-5,8,19H2,1H3.